The number of allylic oxidation sites excluding steroid dienone is 1. The minimum Gasteiger partial charge on any atom is -0.493 e. The molecule has 2 heterocycles. The number of carbonyl (C=O) groups is 1. The third-order valence-corrected chi connectivity index (χ3v) is 7.81. The molecule has 2 N–H and O–H groups in total. The molecule has 0 fully saturated rings. The van der Waals surface area contributed by atoms with Crippen LogP contribution in [0.25, 0.3) is 0 Å². The number of aromatic nitrogens is 3. The van der Waals surface area contributed by atoms with Gasteiger partial charge in [-0.05, 0) is 55.3 Å². The second-order valence-corrected chi connectivity index (χ2v) is 10.5. The Morgan fingerprint density at radius 2 is 1.80 bits per heavy atom. The number of benzene rings is 3. The molecule has 4 aromatic rings. The summed E-state index contributed by atoms with van der Waals surface area (Å²) in [4.78, 5) is 18.7. The Hall–Kier alpha value is -4.15. The predicted molar refractivity (Wildman–Crippen MR) is 161 cm³/mol. The zero-order valence-electron chi connectivity index (χ0n) is 23.1. The molecular weight excluding hydrogens is 562 g/mol. The van der Waals surface area contributed by atoms with Gasteiger partial charge in [-0.3, -0.25) is 4.79 Å². The van der Waals surface area contributed by atoms with Crippen molar-refractivity contribution in [1.82, 2.24) is 14.8 Å². The Morgan fingerprint density at radius 1 is 1.05 bits per heavy atom. The first kappa shape index (κ1) is 28.4. The average Bonchev–Trinajstić information content (AvgIpc) is 3.39. The summed E-state index contributed by atoms with van der Waals surface area (Å²) in [6, 6.07) is 20.0. The summed E-state index contributed by atoms with van der Waals surface area (Å²) in [6.45, 7) is 4.23. The zero-order chi connectivity index (χ0) is 28.9. The number of nitrogens with one attached hydrogen (secondary N) is 2. The second kappa shape index (κ2) is 12.6. The maximum absolute atomic E-state index is 14.0. The lowest BCUT2D eigenvalue weighted by Crippen LogP contribution is -2.31. The van der Waals surface area contributed by atoms with Crippen molar-refractivity contribution in [3.63, 3.8) is 0 Å². The first-order valence-electron chi connectivity index (χ1n) is 13.0. The molecule has 0 saturated heterocycles. The minimum absolute atomic E-state index is 0.298. The first-order valence-corrected chi connectivity index (χ1v) is 14.4. The van der Waals surface area contributed by atoms with E-state index in [4.69, 9.17) is 35.9 Å². The van der Waals surface area contributed by atoms with Crippen LogP contribution < -0.4 is 24.8 Å². The predicted octanol–water partition coefficient (Wildman–Crippen LogP) is 6.57. The van der Waals surface area contributed by atoms with Crippen LogP contribution in [0.2, 0.25) is 5.02 Å². The van der Waals surface area contributed by atoms with Gasteiger partial charge in [-0.25, -0.2) is 4.68 Å². The average molecular weight is 592 g/mol. The lowest BCUT2D eigenvalue weighted by Gasteiger charge is -2.29. The number of hydrogen-bond acceptors (Lipinski definition) is 8. The third-order valence-electron chi connectivity index (χ3n) is 6.55. The number of methoxy groups -OCH3 is 2. The van der Waals surface area contributed by atoms with E-state index >= 15 is 0 Å². The van der Waals surface area contributed by atoms with Gasteiger partial charge in [0.05, 0.1) is 32.1 Å². The number of thioether (sulfide) groups is 1. The quantitative estimate of drug-likeness (QED) is 0.200. The third kappa shape index (κ3) is 5.98. The Labute approximate surface area is 247 Å². The van der Waals surface area contributed by atoms with Crippen LogP contribution in [0.15, 0.2) is 83.2 Å². The van der Waals surface area contributed by atoms with Gasteiger partial charge in [0.25, 0.3) is 5.91 Å². The standard InChI is InChI=1S/C30H30ClN5O4S/c1-5-40-23-13-9-8-12-22(23)33-28(37)26-18(2)32-29-34-30(41-17-20-10-6-7-11-21(20)31)35-36(29)27(26)19-14-15-24(38-3)25(16-19)39-4/h6-16,27H,5,17H2,1-4H3,(H,33,37)(H,32,34,35). The molecular formula is C30H30ClN5O4S. The number of anilines is 2. The van der Waals surface area contributed by atoms with Crippen LogP contribution in [0.4, 0.5) is 11.6 Å². The largest absolute Gasteiger partial charge is 0.493 e. The Morgan fingerprint density at radius 3 is 2.56 bits per heavy atom. The summed E-state index contributed by atoms with van der Waals surface area (Å²) in [6.07, 6.45) is 0. The maximum atomic E-state index is 14.0. The van der Waals surface area contributed by atoms with E-state index in [0.29, 0.717) is 62.7 Å². The van der Waals surface area contributed by atoms with Crippen LogP contribution in [0, 0.1) is 0 Å². The smallest absolute Gasteiger partial charge is 0.255 e. The van der Waals surface area contributed by atoms with Gasteiger partial charge >= 0.3 is 0 Å². The lowest BCUT2D eigenvalue weighted by atomic mass is 9.94. The molecule has 1 aliphatic rings. The van der Waals surface area contributed by atoms with Gasteiger partial charge in [-0.1, -0.05) is 59.8 Å². The van der Waals surface area contributed by atoms with Gasteiger partial charge < -0.3 is 24.8 Å². The van der Waals surface area contributed by atoms with Crippen molar-refractivity contribution in [2.75, 3.05) is 31.5 Å². The number of amides is 1. The van der Waals surface area contributed by atoms with Crippen molar-refractivity contribution >= 4 is 40.9 Å². The van der Waals surface area contributed by atoms with Crippen LogP contribution in [-0.2, 0) is 10.5 Å². The molecule has 1 atom stereocenters. The molecule has 0 radical (unpaired) electrons. The molecule has 1 amide bonds. The molecule has 0 spiro atoms. The fourth-order valence-corrected chi connectivity index (χ4v) is 5.73. The van der Waals surface area contributed by atoms with Crippen LogP contribution in [0.1, 0.15) is 31.0 Å². The van der Waals surface area contributed by atoms with E-state index < -0.39 is 6.04 Å². The fraction of sp³-hybridized carbons (Fsp3) is 0.233. The Kier molecular flexibility index (Phi) is 8.70. The summed E-state index contributed by atoms with van der Waals surface area (Å²) < 4.78 is 18.5. The number of para-hydroxylation sites is 2. The molecule has 9 nitrogen and oxygen atoms in total. The van der Waals surface area contributed by atoms with Gasteiger partial charge in [-0.15, -0.1) is 5.10 Å². The summed E-state index contributed by atoms with van der Waals surface area (Å²) >= 11 is 7.83. The normalized spacial score (nSPS) is 14.2. The molecule has 1 unspecified atom stereocenters. The number of ether oxygens (including phenoxy) is 3. The Balaban J connectivity index is 1.54. The van der Waals surface area contributed by atoms with Crippen molar-refractivity contribution < 1.29 is 19.0 Å². The number of halogens is 1. The van der Waals surface area contributed by atoms with Crippen LogP contribution in [0.3, 0.4) is 0 Å². The van der Waals surface area contributed by atoms with E-state index in [1.165, 1.54) is 11.8 Å². The molecule has 3 aromatic carbocycles. The van der Waals surface area contributed by atoms with Crippen LogP contribution in [0.5, 0.6) is 17.2 Å². The first-order chi connectivity index (χ1) is 19.9. The van der Waals surface area contributed by atoms with Gasteiger partial charge in [0.15, 0.2) is 11.5 Å². The highest BCUT2D eigenvalue weighted by atomic mass is 35.5. The molecule has 5 rings (SSSR count). The zero-order valence-corrected chi connectivity index (χ0v) is 24.7. The second-order valence-electron chi connectivity index (χ2n) is 9.11. The van der Waals surface area contributed by atoms with Crippen molar-refractivity contribution in [2.24, 2.45) is 0 Å². The van der Waals surface area contributed by atoms with E-state index in [1.54, 1.807) is 18.9 Å². The van der Waals surface area contributed by atoms with Crippen molar-refractivity contribution in [3.05, 3.63) is 94.1 Å². The summed E-state index contributed by atoms with van der Waals surface area (Å²) in [5, 5.41) is 12.4. The Bertz CT molecular complexity index is 1610. The van der Waals surface area contributed by atoms with Crippen molar-refractivity contribution in [3.8, 4) is 17.2 Å². The van der Waals surface area contributed by atoms with Crippen molar-refractivity contribution in [1.29, 1.82) is 0 Å². The van der Waals surface area contributed by atoms with E-state index in [9.17, 15) is 4.79 Å². The summed E-state index contributed by atoms with van der Waals surface area (Å²) in [7, 11) is 3.16. The highest BCUT2D eigenvalue weighted by Gasteiger charge is 2.35. The summed E-state index contributed by atoms with van der Waals surface area (Å²) in [5.41, 5.74) is 3.47. The van der Waals surface area contributed by atoms with Gasteiger partial charge in [0.2, 0.25) is 11.1 Å². The summed E-state index contributed by atoms with van der Waals surface area (Å²) in [5.74, 6) is 2.53. The maximum Gasteiger partial charge on any atom is 0.255 e. The number of rotatable bonds is 10. The molecule has 0 bridgehead atoms. The molecule has 11 heteroatoms. The molecule has 1 aliphatic heterocycles. The van der Waals surface area contributed by atoms with E-state index in [1.807, 2.05) is 80.6 Å². The number of hydrogen-bond donors (Lipinski definition) is 2. The van der Waals surface area contributed by atoms with Crippen LogP contribution >= 0.6 is 23.4 Å². The number of fused-ring (bicyclic) bond motifs is 1. The van der Waals surface area contributed by atoms with Gasteiger partial charge in [-0.2, -0.15) is 4.98 Å². The van der Waals surface area contributed by atoms with E-state index in [0.717, 1.165) is 11.1 Å². The minimum atomic E-state index is -0.604. The monoisotopic (exact) mass is 591 g/mol. The van der Waals surface area contributed by atoms with Crippen molar-refractivity contribution in [2.45, 2.75) is 30.8 Å². The lowest BCUT2D eigenvalue weighted by molar-refractivity contribution is -0.113. The molecule has 0 saturated carbocycles. The highest BCUT2D eigenvalue weighted by molar-refractivity contribution is 7.98. The molecule has 41 heavy (non-hydrogen) atoms. The van der Waals surface area contributed by atoms with E-state index in [-0.39, 0.29) is 5.91 Å². The molecule has 212 valence electrons. The van der Waals surface area contributed by atoms with Gasteiger partial charge in [0, 0.05) is 16.5 Å². The SMILES string of the molecule is CCOc1ccccc1NC(=O)C1=C(C)Nc2nc(SCc3ccccc3Cl)nn2C1c1ccc(OC)c(OC)c1. The molecule has 0 aliphatic carbocycles. The fourth-order valence-electron chi connectivity index (χ4n) is 4.62. The van der Waals surface area contributed by atoms with Crippen LogP contribution in [-0.4, -0.2) is 41.5 Å². The number of nitrogens with zero attached hydrogens (tertiary/aromatic N) is 3. The molecule has 1 aromatic heterocycles. The number of carbonyl (C=O) groups excluding carboxylic acids is 1. The van der Waals surface area contributed by atoms with E-state index in [2.05, 4.69) is 10.6 Å². The topological polar surface area (TPSA) is 99.5 Å². The highest BCUT2D eigenvalue weighted by Crippen LogP contribution is 2.40. The van der Waals surface area contributed by atoms with Gasteiger partial charge in [0.1, 0.15) is 11.8 Å².